The van der Waals surface area contributed by atoms with Gasteiger partial charge in [0.25, 0.3) is 0 Å². The summed E-state index contributed by atoms with van der Waals surface area (Å²) in [5.41, 5.74) is 0.614. The fourth-order valence-corrected chi connectivity index (χ4v) is 4.57. The molecule has 2 saturated heterocycles. The third-order valence-electron chi connectivity index (χ3n) is 4.88. The Morgan fingerprint density at radius 3 is 2.65 bits per heavy atom. The summed E-state index contributed by atoms with van der Waals surface area (Å²) in [5.74, 6) is -0.827. The third-order valence-corrected chi connectivity index (χ3v) is 6.76. The van der Waals surface area contributed by atoms with Crippen molar-refractivity contribution in [1.82, 2.24) is 14.1 Å². The van der Waals surface area contributed by atoms with Gasteiger partial charge in [-0.25, -0.2) is 17.1 Å². The summed E-state index contributed by atoms with van der Waals surface area (Å²) in [6, 6.07) is 5.26. The number of fused-ring (bicyclic) bond motifs is 1. The van der Waals surface area contributed by atoms with E-state index in [9.17, 15) is 22.4 Å². The molecule has 2 amide bonds. The van der Waals surface area contributed by atoms with Gasteiger partial charge in [-0.05, 0) is 31.0 Å². The van der Waals surface area contributed by atoms with E-state index in [1.54, 1.807) is 19.1 Å². The van der Waals surface area contributed by atoms with Crippen LogP contribution in [0, 0.1) is 5.82 Å². The molecule has 3 rings (SSSR count). The van der Waals surface area contributed by atoms with Gasteiger partial charge in [0.05, 0.1) is 5.75 Å². The minimum Gasteiger partial charge on any atom is -0.328 e. The van der Waals surface area contributed by atoms with Crippen molar-refractivity contribution in [3.05, 3.63) is 35.6 Å². The van der Waals surface area contributed by atoms with E-state index in [2.05, 4.69) is 0 Å². The first kappa shape index (κ1) is 18.8. The summed E-state index contributed by atoms with van der Waals surface area (Å²) in [5, 5.41) is 0. The molecule has 1 atom stereocenters. The van der Waals surface area contributed by atoms with Crippen molar-refractivity contribution >= 4 is 21.8 Å². The highest BCUT2D eigenvalue weighted by atomic mass is 32.2. The molecule has 9 heteroatoms. The smallest absolute Gasteiger partial charge is 0.246 e. The van der Waals surface area contributed by atoms with Crippen LogP contribution in [0.25, 0.3) is 0 Å². The Bertz CT molecular complexity index is 814. The van der Waals surface area contributed by atoms with Crippen molar-refractivity contribution in [3.8, 4) is 0 Å². The van der Waals surface area contributed by atoms with E-state index in [1.165, 1.54) is 26.2 Å². The number of hydrogen-bond acceptors (Lipinski definition) is 4. The van der Waals surface area contributed by atoms with Gasteiger partial charge >= 0.3 is 0 Å². The van der Waals surface area contributed by atoms with E-state index in [1.807, 2.05) is 0 Å². The molecule has 142 valence electrons. The number of piperazine rings is 1. The van der Waals surface area contributed by atoms with Gasteiger partial charge in [-0.1, -0.05) is 12.1 Å². The molecular weight excluding hydrogens is 361 g/mol. The fourth-order valence-electron chi connectivity index (χ4n) is 3.46. The molecule has 0 aliphatic carbocycles. The van der Waals surface area contributed by atoms with Gasteiger partial charge in [0.2, 0.25) is 21.8 Å². The molecule has 0 aromatic heterocycles. The molecule has 0 radical (unpaired) electrons. The lowest BCUT2D eigenvalue weighted by molar-refractivity contribution is -0.156. The van der Waals surface area contributed by atoms with Gasteiger partial charge in [0.15, 0.2) is 0 Å². The number of carbonyl (C=O) groups excluding carboxylic acids is 2. The van der Waals surface area contributed by atoms with E-state index in [0.717, 1.165) is 0 Å². The lowest BCUT2D eigenvalue weighted by Crippen LogP contribution is -2.59. The molecule has 1 unspecified atom stereocenters. The van der Waals surface area contributed by atoms with E-state index < -0.39 is 21.9 Å². The zero-order valence-electron chi connectivity index (χ0n) is 14.6. The molecular formula is C17H22FN3O4S. The fraction of sp³-hybridized carbons (Fsp3) is 0.529. The van der Waals surface area contributed by atoms with E-state index in [-0.39, 0.29) is 56.7 Å². The van der Waals surface area contributed by atoms with E-state index in [0.29, 0.717) is 5.56 Å². The molecule has 2 fully saturated rings. The van der Waals surface area contributed by atoms with Crippen LogP contribution in [0.15, 0.2) is 24.3 Å². The Morgan fingerprint density at radius 2 is 1.96 bits per heavy atom. The molecule has 0 spiro atoms. The first-order valence-corrected chi connectivity index (χ1v) is 10.2. The van der Waals surface area contributed by atoms with Gasteiger partial charge < -0.3 is 9.80 Å². The molecule has 0 bridgehead atoms. The van der Waals surface area contributed by atoms with Crippen LogP contribution < -0.4 is 0 Å². The average Bonchev–Trinajstić information content (AvgIpc) is 2.83. The van der Waals surface area contributed by atoms with Crippen molar-refractivity contribution < 1.29 is 22.4 Å². The van der Waals surface area contributed by atoms with Gasteiger partial charge in [0.1, 0.15) is 18.4 Å². The molecule has 2 aliphatic rings. The third kappa shape index (κ3) is 3.73. The normalized spacial score (nSPS) is 22.3. The van der Waals surface area contributed by atoms with Crippen LogP contribution in [0.1, 0.15) is 18.9 Å². The number of rotatable bonds is 4. The van der Waals surface area contributed by atoms with Crippen molar-refractivity contribution in [1.29, 1.82) is 0 Å². The van der Waals surface area contributed by atoms with Crippen LogP contribution in [-0.4, -0.2) is 72.3 Å². The summed E-state index contributed by atoms with van der Waals surface area (Å²) >= 11 is 0. The van der Waals surface area contributed by atoms with Crippen molar-refractivity contribution in [2.75, 3.05) is 31.9 Å². The SMILES string of the molecule is CCS(=O)(=O)N1CCC2C(=O)N(Cc3cccc(F)c3)CC(=O)N2CC1. The van der Waals surface area contributed by atoms with Crippen LogP contribution in [0.5, 0.6) is 0 Å². The summed E-state index contributed by atoms with van der Waals surface area (Å²) < 4.78 is 38.9. The molecule has 26 heavy (non-hydrogen) atoms. The molecule has 1 aromatic rings. The molecule has 2 heterocycles. The van der Waals surface area contributed by atoms with Gasteiger partial charge in [-0.2, -0.15) is 0 Å². The number of benzene rings is 1. The second-order valence-electron chi connectivity index (χ2n) is 6.52. The first-order valence-electron chi connectivity index (χ1n) is 8.62. The Hall–Kier alpha value is -2.00. The van der Waals surface area contributed by atoms with Crippen molar-refractivity contribution in [2.24, 2.45) is 0 Å². The molecule has 0 N–H and O–H groups in total. The summed E-state index contributed by atoms with van der Waals surface area (Å²) in [4.78, 5) is 28.3. The lowest BCUT2D eigenvalue weighted by Gasteiger charge is -2.39. The quantitative estimate of drug-likeness (QED) is 0.755. The maximum absolute atomic E-state index is 13.4. The second kappa shape index (κ2) is 7.32. The predicted octanol–water partition coefficient (Wildman–Crippen LogP) is 0.420. The van der Waals surface area contributed by atoms with E-state index in [4.69, 9.17) is 0 Å². The summed E-state index contributed by atoms with van der Waals surface area (Å²) in [7, 11) is -3.36. The first-order chi connectivity index (χ1) is 12.3. The topological polar surface area (TPSA) is 78.0 Å². The number of nitrogens with zero attached hydrogens (tertiary/aromatic N) is 3. The van der Waals surface area contributed by atoms with Crippen molar-refractivity contribution in [2.45, 2.75) is 25.9 Å². The molecule has 1 aromatic carbocycles. The number of halogens is 1. The maximum atomic E-state index is 13.4. The van der Waals surface area contributed by atoms with Crippen LogP contribution in [0.3, 0.4) is 0 Å². The highest BCUT2D eigenvalue weighted by molar-refractivity contribution is 7.89. The van der Waals surface area contributed by atoms with Gasteiger partial charge in [-0.3, -0.25) is 9.59 Å². The Morgan fingerprint density at radius 1 is 1.19 bits per heavy atom. The second-order valence-corrected chi connectivity index (χ2v) is 8.77. The number of amides is 2. The van der Waals surface area contributed by atoms with Crippen LogP contribution in [0.2, 0.25) is 0 Å². The van der Waals surface area contributed by atoms with Crippen LogP contribution in [-0.2, 0) is 26.2 Å². The minimum atomic E-state index is -3.36. The van der Waals surface area contributed by atoms with E-state index >= 15 is 0 Å². The lowest BCUT2D eigenvalue weighted by atomic mass is 10.1. The van der Waals surface area contributed by atoms with Crippen LogP contribution >= 0.6 is 0 Å². The zero-order chi connectivity index (χ0) is 18.9. The maximum Gasteiger partial charge on any atom is 0.246 e. The number of carbonyl (C=O) groups is 2. The molecule has 0 saturated carbocycles. The molecule has 7 nitrogen and oxygen atoms in total. The predicted molar refractivity (Wildman–Crippen MR) is 93.0 cm³/mol. The van der Waals surface area contributed by atoms with Crippen molar-refractivity contribution in [3.63, 3.8) is 0 Å². The van der Waals surface area contributed by atoms with Gasteiger partial charge in [0, 0.05) is 26.2 Å². The van der Waals surface area contributed by atoms with Crippen LogP contribution in [0.4, 0.5) is 4.39 Å². The average molecular weight is 383 g/mol. The number of hydrogen-bond donors (Lipinski definition) is 0. The Labute approximate surface area is 152 Å². The minimum absolute atomic E-state index is 0.00867. The number of sulfonamides is 1. The van der Waals surface area contributed by atoms with Gasteiger partial charge in [-0.15, -0.1) is 0 Å². The largest absolute Gasteiger partial charge is 0.328 e. The monoisotopic (exact) mass is 383 g/mol. The molecule has 2 aliphatic heterocycles. The highest BCUT2D eigenvalue weighted by Gasteiger charge is 2.41. The highest BCUT2D eigenvalue weighted by Crippen LogP contribution is 2.22. The summed E-state index contributed by atoms with van der Waals surface area (Å²) in [6.07, 6.45) is 0.267. The Kier molecular flexibility index (Phi) is 5.29. The summed E-state index contributed by atoms with van der Waals surface area (Å²) in [6.45, 7) is 2.28. The Balaban J connectivity index is 1.76. The standard InChI is InChI=1S/C17H22FN3O4S/c1-2-26(24,25)20-7-6-15-17(23)19(12-16(22)21(15)9-8-20)11-13-4-3-5-14(18)10-13/h3-5,10,15H,2,6-9,11-12H2,1H3. The zero-order valence-corrected chi connectivity index (χ0v) is 15.4.